The smallest absolute Gasteiger partial charge is 0.242 e. The number of hydrogen-bond acceptors (Lipinski definition) is 4. The zero-order chi connectivity index (χ0) is 15.7. The van der Waals surface area contributed by atoms with Gasteiger partial charge in [0.25, 0.3) is 0 Å². The highest BCUT2D eigenvalue weighted by molar-refractivity contribution is 7.17. The Hall–Kier alpha value is -2.15. The number of carbonyl (C=O) groups is 2. The molecule has 0 aromatic carbocycles. The summed E-state index contributed by atoms with van der Waals surface area (Å²) in [6.07, 6.45) is 1.67. The summed E-state index contributed by atoms with van der Waals surface area (Å²) in [5, 5.41) is 1.86. The van der Waals surface area contributed by atoms with Gasteiger partial charge < -0.3 is 14.4 Å². The maximum Gasteiger partial charge on any atom is 0.242 e. The third kappa shape index (κ3) is 2.76. The summed E-state index contributed by atoms with van der Waals surface area (Å²) >= 11 is 1.39. The first-order chi connectivity index (χ1) is 10.6. The Morgan fingerprint density at radius 2 is 1.82 bits per heavy atom. The predicted octanol–water partition coefficient (Wildman–Crippen LogP) is 0.754. The van der Waals surface area contributed by atoms with E-state index in [1.807, 2.05) is 16.0 Å². The van der Waals surface area contributed by atoms with Crippen molar-refractivity contribution in [1.82, 2.24) is 14.4 Å². The molecule has 1 fully saturated rings. The van der Waals surface area contributed by atoms with Crippen molar-refractivity contribution in [2.24, 2.45) is 0 Å². The first-order valence-corrected chi connectivity index (χ1v) is 8.04. The van der Waals surface area contributed by atoms with Gasteiger partial charge in [0.1, 0.15) is 6.54 Å². The summed E-state index contributed by atoms with van der Waals surface area (Å²) in [4.78, 5) is 39.0. The Bertz CT molecular complexity index is 772. The molecule has 3 heterocycles. The number of hydrogen-bond donors (Lipinski definition) is 0. The maximum atomic E-state index is 12.4. The number of thiophene rings is 1. The van der Waals surface area contributed by atoms with Crippen molar-refractivity contribution in [1.29, 1.82) is 0 Å². The molecule has 0 aliphatic carbocycles. The van der Waals surface area contributed by atoms with Crippen LogP contribution in [-0.4, -0.2) is 52.4 Å². The summed E-state index contributed by atoms with van der Waals surface area (Å²) in [5.41, 5.74) is 0.789. The van der Waals surface area contributed by atoms with E-state index in [4.69, 9.17) is 0 Å². The van der Waals surface area contributed by atoms with Gasteiger partial charge in [-0.1, -0.05) is 0 Å². The number of nitrogens with zero attached hydrogens (tertiary/aromatic N) is 3. The monoisotopic (exact) mass is 319 g/mol. The summed E-state index contributed by atoms with van der Waals surface area (Å²) < 4.78 is 2.49. The summed E-state index contributed by atoms with van der Waals surface area (Å²) in [7, 11) is 0. The van der Waals surface area contributed by atoms with E-state index in [1.165, 1.54) is 17.4 Å². The minimum atomic E-state index is -0.0104. The van der Waals surface area contributed by atoms with Crippen molar-refractivity contribution in [2.75, 3.05) is 26.2 Å². The second-order valence-electron chi connectivity index (χ2n) is 5.33. The second kappa shape index (κ2) is 5.92. The molecule has 0 atom stereocenters. The molecule has 22 heavy (non-hydrogen) atoms. The molecular weight excluding hydrogens is 302 g/mol. The lowest BCUT2D eigenvalue weighted by Gasteiger charge is -2.34. The Morgan fingerprint density at radius 1 is 1.14 bits per heavy atom. The fraction of sp³-hybridized carbons (Fsp3) is 0.400. The van der Waals surface area contributed by atoms with Gasteiger partial charge in [0.2, 0.25) is 11.8 Å². The van der Waals surface area contributed by atoms with Gasteiger partial charge in [0.05, 0.1) is 10.2 Å². The normalized spacial score (nSPS) is 15.3. The molecule has 2 amide bonds. The third-order valence-electron chi connectivity index (χ3n) is 3.97. The van der Waals surface area contributed by atoms with Gasteiger partial charge in [-0.15, -0.1) is 11.3 Å². The molecular formula is C15H17N3O3S. The highest BCUT2D eigenvalue weighted by Gasteiger charge is 2.22. The number of aromatic nitrogens is 1. The molecule has 116 valence electrons. The Morgan fingerprint density at radius 3 is 2.50 bits per heavy atom. The minimum absolute atomic E-state index is 0.0104. The van der Waals surface area contributed by atoms with Crippen molar-refractivity contribution >= 4 is 33.4 Å². The lowest BCUT2D eigenvalue weighted by molar-refractivity contribution is -0.138. The molecule has 0 saturated carbocycles. The molecule has 0 radical (unpaired) electrons. The number of rotatable bonds is 2. The van der Waals surface area contributed by atoms with Crippen molar-refractivity contribution in [2.45, 2.75) is 13.5 Å². The Balaban J connectivity index is 1.72. The first-order valence-electron chi connectivity index (χ1n) is 7.16. The van der Waals surface area contributed by atoms with Gasteiger partial charge in [-0.2, -0.15) is 0 Å². The number of piperazine rings is 1. The first kappa shape index (κ1) is 14.8. The molecule has 0 unspecified atom stereocenters. The summed E-state index contributed by atoms with van der Waals surface area (Å²) in [6.45, 7) is 4.05. The van der Waals surface area contributed by atoms with E-state index in [2.05, 4.69) is 0 Å². The van der Waals surface area contributed by atoms with E-state index in [0.717, 1.165) is 5.52 Å². The van der Waals surface area contributed by atoms with Gasteiger partial charge in [-0.05, 0) is 11.4 Å². The molecule has 1 aliphatic heterocycles. The van der Waals surface area contributed by atoms with Crippen LogP contribution in [0.4, 0.5) is 0 Å². The van der Waals surface area contributed by atoms with Gasteiger partial charge >= 0.3 is 0 Å². The van der Waals surface area contributed by atoms with Gasteiger partial charge in [0.15, 0.2) is 5.43 Å². The van der Waals surface area contributed by atoms with Crippen LogP contribution in [-0.2, 0) is 16.1 Å². The van der Waals surface area contributed by atoms with Crippen LogP contribution in [0.5, 0.6) is 0 Å². The topological polar surface area (TPSA) is 62.6 Å². The number of carbonyl (C=O) groups excluding carboxylic acids is 2. The summed E-state index contributed by atoms with van der Waals surface area (Å²) in [6, 6.07) is 3.36. The zero-order valence-corrected chi connectivity index (χ0v) is 13.1. The van der Waals surface area contributed by atoms with Crippen LogP contribution in [0.15, 0.2) is 28.5 Å². The van der Waals surface area contributed by atoms with Crippen LogP contribution in [0.1, 0.15) is 6.92 Å². The fourth-order valence-electron chi connectivity index (χ4n) is 2.68. The molecule has 0 spiro atoms. The van der Waals surface area contributed by atoms with E-state index >= 15 is 0 Å². The van der Waals surface area contributed by atoms with Crippen LogP contribution in [0.2, 0.25) is 0 Å². The van der Waals surface area contributed by atoms with Crippen LogP contribution in [0.3, 0.4) is 0 Å². The van der Waals surface area contributed by atoms with Crippen LogP contribution >= 0.6 is 11.3 Å². The van der Waals surface area contributed by atoms with E-state index < -0.39 is 0 Å². The van der Waals surface area contributed by atoms with Gasteiger partial charge in [-0.3, -0.25) is 14.4 Å². The third-order valence-corrected chi connectivity index (χ3v) is 4.89. The van der Waals surface area contributed by atoms with Crippen LogP contribution < -0.4 is 5.43 Å². The average Bonchev–Trinajstić information content (AvgIpc) is 3.01. The number of pyridine rings is 1. The highest BCUT2D eigenvalue weighted by Crippen LogP contribution is 2.17. The lowest BCUT2D eigenvalue weighted by atomic mass is 10.3. The molecule has 1 aliphatic rings. The SMILES string of the molecule is CC(=O)N1CCN(C(=O)Cn2ccc(=O)c3sccc32)CC1. The van der Waals surface area contributed by atoms with E-state index in [9.17, 15) is 14.4 Å². The molecule has 6 nitrogen and oxygen atoms in total. The Labute approximate surface area is 131 Å². The second-order valence-corrected chi connectivity index (χ2v) is 6.25. The quantitative estimate of drug-likeness (QED) is 0.821. The maximum absolute atomic E-state index is 12.4. The predicted molar refractivity (Wildman–Crippen MR) is 84.9 cm³/mol. The number of amides is 2. The fourth-order valence-corrected chi connectivity index (χ4v) is 3.50. The molecule has 0 bridgehead atoms. The largest absolute Gasteiger partial charge is 0.339 e. The average molecular weight is 319 g/mol. The van der Waals surface area contributed by atoms with E-state index in [-0.39, 0.29) is 23.8 Å². The molecule has 0 N–H and O–H groups in total. The molecule has 2 aromatic heterocycles. The number of fused-ring (bicyclic) bond motifs is 1. The highest BCUT2D eigenvalue weighted by atomic mass is 32.1. The van der Waals surface area contributed by atoms with Gasteiger partial charge in [-0.25, -0.2) is 0 Å². The minimum Gasteiger partial charge on any atom is -0.339 e. The van der Waals surface area contributed by atoms with E-state index in [1.54, 1.807) is 22.9 Å². The standard InChI is InChI=1S/C15H17N3O3S/c1-11(19)16-5-7-17(8-6-16)14(21)10-18-4-2-13(20)15-12(18)3-9-22-15/h2-4,9H,5-8,10H2,1H3. The van der Waals surface area contributed by atoms with Crippen molar-refractivity contribution in [3.05, 3.63) is 33.9 Å². The molecule has 2 aromatic rings. The van der Waals surface area contributed by atoms with Crippen molar-refractivity contribution in [3.8, 4) is 0 Å². The van der Waals surface area contributed by atoms with Crippen LogP contribution in [0.25, 0.3) is 10.2 Å². The molecule has 7 heteroatoms. The summed E-state index contributed by atoms with van der Waals surface area (Å²) in [5.74, 6) is 0.0619. The van der Waals surface area contributed by atoms with Crippen molar-refractivity contribution in [3.63, 3.8) is 0 Å². The molecule has 3 rings (SSSR count). The Kier molecular flexibility index (Phi) is 3.98. The lowest BCUT2D eigenvalue weighted by Crippen LogP contribution is -2.50. The molecule has 1 saturated heterocycles. The van der Waals surface area contributed by atoms with E-state index in [0.29, 0.717) is 30.9 Å². The van der Waals surface area contributed by atoms with Crippen LogP contribution in [0, 0.1) is 0 Å². The zero-order valence-electron chi connectivity index (χ0n) is 12.3. The van der Waals surface area contributed by atoms with Gasteiger partial charge in [0, 0.05) is 45.4 Å². The van der Waals surface area contributed by atoms with Crippen molar-refractivity contribution < 1.29 is 9.59 Å².